The first-order chi connectivity index (χ1) is 9.72. The van der Waals surface area contributed by atoms with E-state index in [1.165, 1.54) is 38.5 Å². The topological polar surface area (TPSA) is 32.3 Å². The third kappa shape index (κ3) is 1.62. The summed E-state index contributed by atoms with van der Waals surface area (Å²) in [5, 5.41) is 3.46. The fraction of sp³-hybridized carbons (Fsp3) is 0.941. The van der Waals surface area contributed by atoms with E-state index in [0.717, 1.165) is 43.9 Å². The summed E-state index contributed by atoms with van der Waals surface area (Å²) in [6, 6.07) is 0. The first kappa shape index (κ1) is 12.2. The fourth-order valence-electron chi connectivity index (χ4n) is 6.72. The molecule has 2 atom stereocenters. The Morgan fingerprint density at radius 2 is 1.40 bits per heavy atom. The average molecular weight is 274 g/mol. The summed E-state index contributed by atoms with van der Waals surface area (Å²) in [7, 11) is 0. The molecule has 3 nitrogen and oxygen atoms in total. The van der Waals surface area contributed by atoms with Gasteiger partial charge in [0.2, 0.25) is 0 Å². The normalized spacial score (nSPS) is 54.4. The maximum absolute atomic E-state index is 12.3. The molecule has 6 aliphatic rings. The highest BCUT2D eigenvalue weighted by atomic mass is 16.1. The molecule has 2 heterocycles. The van der Waals surface area contributed by atoms with E-state index < -0.39 is 0 Å². The van der Waals surface area contributed by atoms with Crippen LogP contribution in [0.4, 0.5) is 0 Å². The van der Waals surface area contributed by atoms with Crippen LogP contribution in [0.15, 0.2) is 0 Å². The highest BCUT2D eigenvalue weighted by Crippen LogP contribution is 2.58. The van der Waals surface area contributed by atoms with Crippen molar-refractivity contribution in [2.75, 3.05) is 26.2 Å². The van der Waals surface area contributed by atoms with Crippen molar-refractivity contribution in [1.29, 1.82) is 0 Å². The minimum atomic E-state index is 0.288. The van der Waals surface area contributed by atoms with E-state index in [1.54, 1.807) is 0 Å². The molecule has 0 aromatic heterocycles. The Bertz CT molecular complexity index is 395. The van der Waals surface area contributed by atoms with Crippen LogP contribution in [-0.4, -0.2) is 42.4 Å². The van der Waals surface area contributed by atoms with Crippen LogP contribution in [0, 0.1) is 29.6 Å². The summed E-state index contributed by atoms with van der Waals surface area (Å²) in [6.45, 7) is 3.96. The van der Waals surface area contributed by atoms with E-state index in [2.05, 4.69) is 10.2 Å². The zero-order chi connectivity index (χ0) is 13.3. The Hall–Kier alpha value is -0.410. The van der Waals surface area contributed by atoms with Crippen LogP contribution in [0.25, 0.3) is 0 Å². The lowest BCUT2D eigenvalue weighted by Crippen LogP contribution is -2.67. The van der Waals surface area contributed by atoms with Gasteiger partial charge in [-0.2, -0.15) is 0 Å². The molecule has 4 aliphatic carbocycles. The molecule has 2 saturated heterocycles. The van der Waals surface area contributed by atoms with Gasteiger partial charge in [0.1, 0.15) is 5.78 Å². The number of nitrogens with one attached hydrogen (secondary N) is 1. The van der Waals surface area contributed by atoms with Gasteiger partial charge in [0.25, 0.3) is 0 Å². The summed E-state index contributed by atoms with van der Waals surface area (Å²) >= 11 is 0. The van der Waals surface area contributed by atoms with Crippen LogP contribution in [0.2, 0.25) is 0 Å². The van der Waals surface area contributed by atoms with Crippen molar-refractivity contribution < 1.29 is 4.79 Å². The predicted molar refractivity (Wildman–Crippen MR) is 77.3 cm³/mol. The van der Waals surface area contributed by atoms with Crippen molar-refractivity contribution in [2.45, 2.75) is 44.1 Å². The number of likely N-dealkylation sites (tertiary alicyclic amines) is 1. The smallest absolute Gasteiger partial charge is 0.144 e. The minimum absolute atomic E-state index is 0.288. The number of Topliss-reactive ketones (excluding diaryl/α,β-unsaturated/α-hetero) is 1. The summed E-state index contributed by atoms with van der Waals surface area (Å²) in [4.78, 5) is 15.1. The number of rotatable bonds is 1. The first-order valence-electron chi connectivity index (χ1n) is 8.71. The first-order valence-corrected chi connectivity index (χ1v) is 8.71. The van der Waals surface area contributed by atoms with Crippen LogP contribution in [0.5, 0.6) is 0 Å². The van der Waals surface area contributed by atoms with Crippen molar-refractivity contribution in [1.82, 2.24) is 10.2 Å². The summed E-state index contributed by atoms with van der Waals surface area (Å²) in [5.74, 6) is 4.17. The second kappa shape index (κ2) is 4.07. The summed E-state index contributed by atoms with van der Waals surface area (Å²) in [5.41, 5.74) is 0.503. The molecule has 0 amide bonds. The van der Waals surface area contributed by atoms with Gasteiger partial charge in [-0.1, -0.05) is 0 Å². The molecule has 3 heteroatoms. The zero-order valence-corrected chi connectivity index (χ0v) is 12.3. The van der Waals surface area contributed by atoms with Crippen LogP contribution >= 0.6 is 0 Å². The van der Waals surface area contributed by atoms with Crippen LogP contribution in [0.3, 0.4) is 0 Å². The second-order valence-corrected chi connectivity index (χ2v) is 8.50. The van der Waals surface area contributed by atoms with Crippen molar-refractivity contribution in [3.8, 4) is 0 Å². The molecular weight excluding hydrogens is 248 g/mol. The number of ketones is 1. The number of carbonyl (C=O) groups is 1. The molecule has 4 saturated carbocycles. The minimum Gasteiger partial charge on any atom is -0.315 e. The molecule has 0 aromatic carbocycles. The molecular formula is C17H26N2O. The third-order valence-corrected chi connectivity index (χ3v) is 7.14. The molecule has 110 valence electrons. The van der Waals surface area contributed by atoms with Gasteiger partial charge in [-0.25, -0.2) is 0 Å². The van der Waals surface area contributed by atoms with E-state index in [1.807, 2.05) is 0 Å². The molecule has 2 aliphatic heterocycles. The standard InChI is InChI=1S/C17H26N2O/c20-16-14-7-18-8-15(16)10-19(9-14)17-4-11-1-12(5-17)3-13(2-11)6-17/h11-15,18H,1-10H2. The maximum Gasteiger partial charge on any atom is 0.144 e. The molecule has 6 fully saturated rings. The van der Waals surface area contributed by atoms with E-state index in [4.69, 9.17) is 0 Å². The van der Waals surface area contributed by atoms with Crippen molar-refractivity contribution >= 4 is 5.78 Å². The highest BCUT2D eigenvalue weighted by molar-refractivity contribution is 5.85. The molecule has 0 aromatic rings. The lowest BCUT2D eigenvalue weighted by atomic mass is 9.52. The van der Waals surface area contributed by atoms with Gasteiger partial charge in [0.05, 0.1) is 0 Å². The van der Waals surface area contributed by atoms with Gasteiger partial charge >= 0.3 is 0 Å². The number of piperidine rings is 2. The number of carbonyl (C=O) groups excluding carboxylic acids is 1. The highest BCUT2D eigenvalue weighted by Gasteiger charge is 2.55. The molecule has 0 radical (unpaired) electrons. The van der Waals surface area contributed by atoms with Crippen LogP contribution in [-0.2, 0) is 4.79 Å². The van der Waals surface area contributed by atoms with Gasteiger partial charge in [-0.3, -0.25) is 9.69 Å². The van der Waals surface area contributed by atoms with Gasteiger partial charge in [-0.05, 0) is 56.3 Å². The Balaban J connectivity index is 1.44. The monoisotopic (exact) mass is 274 g/mol. The predicted octanol–water partition coefficient (Wildman–Crippen LogP) is 1.68. The summed E-state index contributed by atoms with van der Waals surface area (Å²) < 4.78 is 0. The van der Waals surface area contributed by atoms with Crippen LogP contribution in [0.1, 0.15) is 38.5 Å². The van der Waals surface area contributed by atoms with E-state index in [9.17, 15) is 4.79 Å². The van der Waals surface area contributed by atoms with E-state index in [-0.39, 0.29) is 11.8 Å². The fourth-order valence-corrected chi connectivity index (χ4v) is 6.72. The molecule has 6 bridgehead atoms. The zero-order valence-electron chi connectivity index (χ0n) is 12.3. The Morgan fingerprint density at radius 1 is 0.900 bits per heavy atom. The Labute approximate surface area is 121 Å². The quantitative estimate of drug-likeness (QED) is 0.789. The maximum atomic E-state index is 12.3. The second-order valence-electron chi connectivity index (χ2n) is 8.50. The van der Waals surface area contributed by atoms with Gasteiger partial charge in [0.15, 0.2) is 0 Å². The van der Waals surface area contributed by atoms with Gasteiger partial charge in [0, 0.05) is 43.6 Å². The molecule has 20 heavy (non-hydrogen) atoms. The summed E-state index contributed by atoms with van der Waals surface area (Å²) in [6.07, 6.45) is 8.88. The lowest BCUT2D eigenvalue weighted by molar-refractivity contribution is -0.145. The molecule has 1 N–H and O–H groups in total. The number of hydrogen-bond acceptors (Lipinski definition) is 3. The molecule has 2 unspecified atom stereocenters. The van der Waals surface area contributed by atoms with Crippen molar-refractivity contribution in [2.24, 2.45) is 29.6 Å². The average Bonchev–Trinajstić information content (AvgIpc) is 2.36. The molecule has 0 spiro atoms. The number of fused-ring (bicyclic) bond motifs is 2. The van der Waals surface area contributed by atoms with Crippen LogP contribution < -0.4 is 5.32 Å². The Kier molecular flexibility index (Phi) is 2.48. The number of nitrogens with zero attached hydrogens (tertiary/aromatic N) is 1. The largest absolute Gasteiger partial charge is 0.315 e. The lowest BCUT2D eigenvalue weighted by Gasteiger charge is -2.62. The third-order valence-electron chi connectivity index (χ3n) is 7.14. The van der Waals surface area contributed by atoms with Crippen molar-refractivity contribution in [3.63, 3.8) is 0 Å². The van der Waals surface area contributed by atoms with E-state index >= 15 is 0 Å². The Morgan fingerprint density at radius 3 is 1.90 bits per heavy atom. The van der Waals surface area contributed by atoms with E-state index in [0.29, 0.717) is 11.3 Å². The SMILES string of the molecule is O=C1C2CNCC1CN(C13CC4CC(CC(C4)C1)C3)C2. The van der Waals surface area contributed by atoms with Gasteiger partial charge in [-0.15, -0.1) is 0 Å². The number of hydrogen-bond donors (Lipinski definition) is 1. The van der Waals surface area contributed by atoms with Gasteiger partial charge < -0.3 is 5.32 Å². The van der Waals surface area contributed by atoms with Crippen molar-refractivity contribution in [3.05, 3.63) is 0 Å². The molecule has 6 rings (SSSR count).